The minimum absolute atomic E-state index is 0.00228. The standard InChI is InChI=1S/C11H17ClN4O2S3/c1-6(2)3-9-15-16-11(20-9)14-10(19)13-8-5-21(17,18)4-7(8)12/h6-8H,3-5H2,1-2H3,(H2,13,14,16,19)/t7-,8+/m0/s1. The van der Waals surface area contributed by atoms with Crippen LogP contribution in [0.5, 0.6) is 0 Å². The molecule has 0 saturated carbocycles. The van der Waals surface area contributed by atoms with Gasteiger partial charge in [0.2, 0.25) is 5.13 Å². The van der Waals surface area contributed by atoms with E-state index in [0.29, 0.717) is 16.2 Å². The van der Waals surface area contributed by atoms with Crippen molar-refractivity contribution in [2.24, 2.45) is 5.92 Å². The molecule has 0 aliphatic carbocycles. The van der Waals surface area contributed by atoms with Gasteiger partial charge in [0, 0.05) is 6.42 Å². The Balaban J connectivity index is 1.89. The van der Waals surface area contributed by atoms with Crippen molar-refractivity contribution in [3.63, 3.8) is 0 Å². The molecule has 10 heteroatoms. The fourth-order valence-electron chi connectivity index (χ4n) is 1.97. The molecule has 0 radical (unpaired) electrons. The van der Waals surface area contributed by atoms with Gasteiger partial charge in [-0.3, -0.25) is 0 Å². The van der Waals surface area contributed by atoms with Crippen LogP contribution in [0.4, 0.5) is 5.13 Å². The van der Waals surface area contributed by atoms with Crippen molar-refractivity contribution < 1.29 is 8.42 Å². The van der Waals surface area contributed by atoms with Crippen LogP contribution in [0.15, 0.2) is 0 Å². The van der Waals surface area contributed by atoms with Gasteiger partial charge in [-0.25, -0.2) is 8.42 Å². The second-order valence-electron chi connectivity index (χ2n) is 5.40. The van der Waals surface area contributed by atoms with Crippen LogP contribution < -0.4 is 10.6 Å². The number of hydrogen-bond donors (Lipinski definition) is 2. The molecule has 0 unspecified atom stereocenters. The van der Waals surface area contributed by atoms with Gasteiger partial charge in [-0.05, 0) is 18.1 Å². The number of nitrogens with one attached hydrogen (secondary N) is 2. The number of anilines is 1. The highest BCUT2D eigenvalue weighted by molar-refractivity contribution is 7.91. The van der Waals surface area contributed by atoms with E-state index in [2.05, 4.69) is 34.7 Å². The molecule has 1 fully saturated rings. The Bertz CT molecular complexity index is 617. The van der Waals surface area contributed by atoms with Gasteiger partial charge in [0.05, 0.1) is 22.9 Å². The first-order valence-electron chi connectivity index (χ1n) is 6.49. The van der Waals surface area contributed by atoms with Gasteiger partial charge in [-0.15, -0.1) is 21.8 Å². The maximum atomic E-state index is 11.5. The van der Waals surface area contributed by atoms with Crippen LogP contribution in [0, 0.1) is 5.92 Å². The molecule has 0 bridgehead atoms. The summed E-state index contributed by atoms with van der Waals surface area (Å²) in [5, 5.41) is 15.3. The molecule has 1 aliphatic heterocycles. The number of halogens is 1. The van der Waals surface area contributed by atoms with Gasteiger partial charge in [0.1, 0.15) is 5.01 Å². The van der Waals surface area contributed by atoms with Crippen molar-refractivity contribution in [2.75, 3.05) is 16.8 Å². The molecule has 21 heavy (non-hydrogen) atoms. The van der Waals surface area contributed by atoms with Gasteiger partial charge in [0.25, 0.3) is 0 Å². The van der Waals surface area contributed by atoms with Crippen molar-refractivity contribution in [1.29, 1.82) is 0 Å². The van der Waals surface area contributed by atoms with E-state index in [0.717, 1.165) is 11.4 Å². The normalized spacial score (nSPS) is 24.2. The molecule has 2 atom stereocenters. The SMILES string of the molecule is CC(C)Cc1nnc(NC(=S)N[C@@H]2CS(=O)(=O)C[C@@H]2Cl)s1. The molecule has 1 aliphatic rings. The highest BCUT2D eigenvalue weighted by atomic mass is 35.5. The average molecular weight is 369 g/mol. The smallest absolute Gasteiger partial charge is 0.211 e. The monoisotopic (exact) mass is 368 g/mol. The van der Waals surface area contributed by atoms with Gasteiger partial charge in [0.15, 0.2) is 14.9 Å². The predicted molar refractivity (Wildman–Crippen MR) is 89.9 cm³/mol. The largest absolute Gasteiger partial charge is 0.357 e. The van der Waals surface area contributed by atoms with E-state index in [-0.39, 0.29) is 17.5 Å². The second-order valence-corrected chi connectivity index (χ2v) is 9.58. The third-order valence-electron chi connectivity index (χ3n) is 2.87. The van der Waals surface area contributed by atoms with Crippen molar-refractivity contribution in [3.05, 3.63) is 5.01 Å². The lowest BCUT2D eigenvalue weighted by Gasteiger charge is -2.16. The number of thiocarbonyl (C=S) groups is 1. The van der Waals surface area contributed by atoms with E-state index in [1.165, 1.54) is 11.3 Å². The number of alkyl halides is 1. The van der Waals surface area contributed by atoms with Crippen molar-refractivity contribution in [1.82, 2.24) is 15.5 Å². The van der Waals surface area contributed by atoms with Crippen LogP contribution in [0.1, 0.15) is 18.9 Å². The Morgan fingerprint density at radius 3 is 2.76 bits per heavy atom. The lowest BCUT2D eigenvalue weighted by molar-refractivity contribution is 0.600. The molecule has 1 saturated heterocycles. The van der Waals surface area contributed by atoms with E-state index in [1.54, 1.807) is 0 Å². The minimum Gasteiger partial charge on any atom is -0.357 e. The molecule has 2 N–H and O–H groups in total. The number of nitrogens with zero attached hydrogens (tertiary/aromatic N) is 2. The second kappa shape index (κ2) is 6.72. The molecular formula is C11H17ClN4O2S3. The third kappa shape index (κ3) is 5.01. The van der Waals surface area contributed by atoms with Crippen molar-refractivity contribution in [2.45, 2.75) is 31.7 Å². The molecule has 1 aromatic heterocycles. The highest BCUT2D eigenvalue weighted by Crippen LogP contribution is 2.20. The Labute approximate surface area is 138 Å². The summed E-state index contributed by atoms with van der Waals surface area (Å²) in [5.74, 6) is 0.487. The summed E-state index contributed by atoms with van der Waals surface area (Å²) in [5.41, 5.74) is 0. The Kier molecular flexibility index (Phi) is 5.39. The Morgan fingerprint density at radius 2 is 2.19 bits per heavy atom. The number of hydrogen-bond acceptors (Lipinski definition) is 6. The average Bonchev–Trinajstić information content (AvgIpc) is 2.82. The van der Waals surface area contributed by atoms with E-state index >= 15 is 0 Å². The van der Waals surface area contributed by atoms with E-state index in [9.17, 15) is 8.42 Å². The maximum Gasteiger partial charge on any atom is 0.211 e. The first kappa shape index (κ1) is 16.9. The number of sulfone groups is 1. The predicted octanol–water partition coefficient (Wildman–Crippen LogP) is 1.43. The van der Waals surface area contributed by atoms with Crippen LogP contribution in [-0.4, -0.2) is 46.7 Å². The van der Waals surface area contributed by atoms with E-state index in [1.807, 2.05) is 0 Å². The molecule has 0 spiro atoms. The Morgan fingerprint density at radius 1 is 1.48 bits per heavy atom. The fraction of sp³-hybridized carbons (Fsp3) is 0.727. The van der Waals surface area contributed by atoms with Crippen molar-refractivity contribution >= 4 is 55.2 Å². The first-order valence-corrected chi connectivity index (χ1v) is 9.98. The molecule has 118 valence electrons. The van der Waals surface area contributed by atoms with E-state index in [4.69, 9.17) is 23.8 Å². The van der Waals surface area contributed by atoms with Crippen LogP contribution in [0.2, 0.25) is 0 Å². The zero-order valence-electron chi connectivity index (χ0n) is 11.7. The summed E-state index contributed by atoms with van der Waals surface area (Å²) in [6.07, 6.45) is 0.865. The summed E-state index contributed by atoms with van der Waals surface area (Å²) < 4.78 is 23.0. The zero-order chi connectivity index (χ0) is 15.6. The quantitative estimate of drug-likeness (QED) is 0.614. The van der Waals surface area contributed by atoms with Crippen LogP contribution in [0.3, 0.4) is 0 Å². The Hall–Kier alpha value is -0.510. The first-order chi connectivity index (χ1) is 9.75. The molecular weight excluding hydrogens is 352 g/mol. The summed E-state index contributed by atoms with van der Waals surface area (Å²) in [4.78, 5) is 0. The lowest BCUT2D eigenvalue weighted by Crippen LogP contribution is -2.42. The molecule has 0 amide bonds. The summed E-state index contributed by atoms with van der Waals surface area (Å²) >= 11 is 12.6. The number of rotatable bonds is 4. The molecule has 2 rings (SSSR count). The van der Waals surface area contributed by atoms with E-state index < -0.39 is 15.2 Å². The van der Waals surface area contributed by atoms with Gasteiger partial charge < -0.3 is 10.6 Å². The van der Waals surface area contributed by atoms with Gasteiger partial charge >= 0.3 is 0 Å². The zero-order valence-corrected chi connectivity index (χ0v) is 14.9. The van der Waals surface area contributed by atoms with Crippen LogP contribution in [-0.2, 0) is 16.3 Å². The van der Waals surface area contributed by atoms with Gasteiger partial charge in [-0.2, -0.15) is 0 Å². The summed E-state index contributed by atoms with van der Waals surface area (Å²) in [6, 6.07) is -0.375. The third-order valence-corrected chi connectivity index (χ3v) is 6.33. The minimum atomic E-state index is -3.08. The maximum absolute atomic E-state index is 11.5. The fourth-order valence-corrected chi connectivity index (χ4v) is 5.79. The van der Waals surface area contributed by atoms with Crippen LogP contribution in [0.25, 0.3) is 0 Å². The summed E-state index contributed by atoms with van der Waals surface area (Å²) in [7, 11) is -3.08. The molecule has 2 heterocycles. The van der Waals surface area contributed by atoms with Crippen molar-refractivity contribution in [3.8, 4) is 0 Å². The van der Waals surface area contributed by atoms with Gasteiger partial charge in [-0.1, -0.05) is 25.2 Å². The molecule has 0 aromatic carbocycles. The topological polar surface area (TPSA) is 84.0 Å². The summed E-state index contributed by atoms with van der Waals surface area (Å²) in [6.45, 7) is 4.23. The highest BCUT2D eigenvalue weighted by Gasteiger charge is 2.36. The number of aromatic nitrogens is 2. The molecule has 6 nitrogen and oxygen atoms in total. The lowest BCUT2D eigenvalue weighted by atomic mass is 10.1. The van der Waals surface area contributed by atoms with Crippen LogP contribution >= 0.6 is 35.2 Å². The molecule has 1 aromatic rings.